The van der Waals surface area contributed by atoms with Gasteiger partial charge in [0, 0.05) is 35.9 Å². The van der Waals surface area contributed by atoms with E-state index in [9.17, 15) is 18.0 Å². The van der Waals surface area contributed by atoms with Crippen molar-refractivity contribution in [3.8, 4) is 5.75 Å². The predicted molar refractivity (Wildman–Crippen MR) is 95.4 cm³/mol. The van der Waals surface area contributed by atoms with Gasteiger partial charge < -0.3 is 10.1 Å². The number of nitrogens with zero attached hydrogens (tertiary/aromatic N) is 3. The third-order valence-corrected chi connectivity index (χ3v) is 3.90. The maximum Gasteiger partial charge on any atom is 0.416 e. The first-order valence-corrected chi connectivity index (χ1v) is 8.21. The van der Waals surface area contributed by atoms with Crippen molar-refractivity contribution in [2.24, 2.45) is 0 Å². The fourth-order valence-corrected chi connectivity index (χ4v) is 2.65. The molecule has 2 heterocycles. The van der Waals surface area contributed by atoms with E-state index in [1.807, 2.05) is 6.92 Å². The normalized spacial score (nSPS) is 11.6. The smallest absolute Gasteiger partial charge is 0.416 e. The Labute approximate surface area is 152 Å². The van der Waals surface area contributed by atoms with Crippen molar-refractivity contribution >= 4 is 22.7 Å². The Kier molecular flexibility index (Phi) is 5.02. The zero-order chi connectivity index (χ0) is 19.6. The van der Waals surface area contributed by atoms with Crippen molar-refractivity contribution in [3.63, 3.8) is 0 Å². The van der Waals surface area contributed by atoms with Crippen LogP contribution >= 0.6 is 0 Å². The van der Waals surface area contributed by atoms with Gasteiger partial charge in [-0.15, -0.1) is 0 Å². The molecule has 0 radical (unpaired) electrons. The lowest BCUT2D eigenvalue weighted by atomic mass is 10.2. The highest BCUT2D eigenvalue weighted by atomic mass is 19.4. The summed E-state index contributed by atoms with van der Waals surface area (Å²) in [6, 6.07) is 6.31. The van der Waals surface area contributed by atoms with Gasteiger partial charge in [-0.05, 0) is 24.6 Å². The second-order valence-corrected chi connectivity index (χ2v) is 5.87. The highest BCUT2D eigenvalue weighted by Gasteiger charge is 2.31. The summed E-state index contributed by atoms with van der Waals surface area (Å²) in [4.78, 5) is 20.5. The molecule has 2 aromatic heterocycles. The van der Waals surface area contributed by atoms with E-state index in [1.165, 1.54) is 30.0 Å². The Morgan fingerprint density at radius 3 is 2.67 bits per heavy atom. The summed E-state index contributed by atoms with van der Waals surface area (Å²) in [6.45, 7) is 2.41. The zero-order valence-corrected chi connectivity index (χ0v) is 14.7. The monoisotopic (exact) mass is 378 g/mol. The SMILES string of the molecule is CCCn1c(=O)ccc2cnc(Nc3cc(OC)cc(C(F)(F)F)c3)nc21. The van der Waals surface area contributed by atoms with Crippen LogP contribution in [-0.4, -0.2) is 21.6 Å². The summed E-state index contributed by atoms with van der Waals surface area (Å²) in [5.74, 6) is 0.135. The summed E-state index contributed by atoms with van der Waals surface area (Å²) in [6.07, 6.45) is -2.27. The Bertz CT molecular complexity index is 1030. The molecule has 3 rings (SSSR count). The fourth-order valence-electron chi connectivity index (χ4n) is 2.65. The number of anilines is 2. The van der Waals surface area contributed by atoms with Crippen LogP contribution < -0.4 is 15.6 Å². The van der Waals surface area contributed by atoms with Crippen molar-refractivity contribution in [1.29, 1.82) is 0 Å². The van der Waals surface area contributed by atoms with Crippen LogP contribution in [0.5, 0.6) is 5.75 Å². The molecule has 0 aliphatic carbocycles. The maximum atomic E-state index is 13.1. The van der Waals surface area contributed by atoms with E-state index in [0.717, 1.165) is 18.6 Å². The van der Waals surface area contributed by atoms with E-state index < -0.39 is 11.7 Å². The van der Waals surface area contributed by atoms with Gasteiger partial charge in [-0.2, -0.15) is 18.2 Å². The summed E-state index contributed by atoms with van der Waals surface area (Å²) in [5, 5.41) is 3.42. The van der Waals surface area contributed by atoms with E-state index in [1.54, 1.807) is 6.07 Å². The van der Waals surface area contributed by atoms with E-state index in [-0.39, 0.29) is 22.9 Å². The molecule has 0 bridgehead atoms. The molecule has 9 heteroatoms. The van der Waals surface area contributed by atoms with Crippen LogP contribution in [0.15, 0.2) is 41.3 Å². The van der Waals surface area contributed by atoms with Gasteiger partial charge in [0.2, 0.25) is 5.95 Å². The van der Waals surface area contributed by atoms with Gasteiger partial charge in [0.25, 0.3) is 5.56 Å². The molecule has 1 aromatic carbocycles. The molecule has 0 saturated carbocycles. The van der Waals surface area contributed by atoms with Gasteiger partial charge >= 0.3 is 6.18 Å². The minimum absolute atomic E-state index is 0.0519. The number of benzene rings is 1. The Morgan fingerprint density at radius 2 is 2.00 bits per heavy atom. The number of halogens is 3. The fraction of sp³-hybridized carbons (Fsp3) is 0.278. The van der Waals surface area contributed by atoms with Crippen molar-refractivity contribution in [2.75, 3.05) is 12.4 Å². The third-order valence-electron chi connectivity index (χ3n) is 3.90. The number of hydrogen-bond donors (Lipinski definition) is 1. The molecule has 0 atom stereocenters. The van der Waals surface area contributed by atoms with E-state index in [2.05, 4.69) is 15.3 Å². The van der Waals surface area contributed by atoms with E-state index in [4.69, 9.17) is 4.74 Å². The average Bonchev–Trinajstić information content (AvgIpc) is 2.63. The van der Waals surface area contributed by atoms with Crippen molar-refractivity contribution in [1.82, 2.24) is 14.5 Å². The minimum Gasteiger partial charge on any atom is -0.497 e. The van der Waals surface area contributed by atoms with Gasteiger partial charge in [0.15, 0.2) is 0 Å². The van der Waals surface area contributed by atoms with Crippen LogP contribution in [0.25, 0.3) is 11.0 Å². The molecule has 6 nitrogen and oxygen atoms in total. The largest absolute Gasteiger partial charge is 0.497 e. The Morgan fingerprint density at radius 1 is 1.22 bits per heavy atom. The van der Waals surface area contributed by atoms with Gasteiger partial charge in [-0.3, -0.25) is 9.36 Å². The molecule has 0 aliphatic heterocycles. The highest BCUT2D eigenvalue weighted by Crippen LogP contribution is 2.34. The first kappa shape index (κ1) is 18.7. The van der Waals surface area contributed by atoms with Crippen LogP contribution in [0.3, 0.4) is 0 Å². The number of aryl methyl sites for hydroxylation is 1. The molecule has 0 aliphatic rings. The molecule has 0 fully saturated rings. The number of methoxy groups -OCH3 is 1. The summed E-state index contributed by atoms with van der Waals surface area (Å²) in [5.41, 5.74) is -0.509. The summed E-state index contributed by atoms with van der Waals surface area (Å²) >= 11 is 0. The number of alkyl halides is 3. The van der Waals surface area contributed by atoms with Crippen molar-refractivity contribution < 1.29 is 17.9 Å². The van der Waals surface area contributed by atoms with E-state index in [0.29, 0.717) is 17.6 Å². The number of fused-ring (bicyclic) bond motifs is 1. The number of aromatic nitrogens is 3. The molecule has 27 heavy (non-hydrogen) atoms. The van der Waals surface area contributed by atoms with Crippen LogP contribution in [0.1, 0.15) is 18.9 Å². The zero-order valence-electron chi connectivity index (χ0n) is 14.7. The molecule has 0 unspecified atom stereocenters. The predicted octanol–water partition coefficient (Wildman–Crippen LogP) is 3.97. The Balaban J connectivity index is 2.04. The third kappa shape index (κ3) is 4.02. The van der Waals surface area contributed by atoms with Crippen molar-refractivity contribution in [2.45, 2.75) is 26.1 Å². The molecular weight excluding hydrogens is 361 g/mol. The average molecular weight is 378 g/mol. The number of hydrogen-bond acceptors (Lipinski definition) is 5. The topological polar surface area (TPSA) is 69.0 Å². The van der Waals surface area contributed by atoms with Crippen LogP contribution in [-0.2, 0) is 12.7 Å². The maximum absolute atomic E-state index is 13.1. The number of ether oxygens (including phenoxy) is 1. The van der Waals surface area contributed by atoms with E-state index >= 15 is 0 Å². The van der Waals surface area contributed by atoms with Crippen LogP contribution in [0.2, 0.25) is 0 Å². The van der Waals surface area contributed by atoms with Gasteiger partial charge in [-0.1, -0.05) is 6.92 Å². The minimum atomic E-state index is -4.52. The first-order chi connectivity index (χ1) is 12.8. The van der Waals surface area contributed by atoms with Crippen LogP contribution in [0.4, 0.5) is 24.8 Å². The lowest BCUT2D eigenvalue weighted by Crippen LogP contribution is -2.20. The lowest BCUT2D eigenvalue weighted by Gasteiger charge is -2.13. The summed E-state index contributed by atoms with van der Waals surface area (Å²) < 4.78 is 45.6. The highest BCUT2D eigenvalue weighted by molar-refractivity contribution is 5.75. The molecule has 142 valence electrons. The standard InChI is InChI=1S/C18H17F3N4O2/c1-3-6-25-15(26)5-4-11-10-22-17(24-16(11)25)23-13-7-12(18(19,20)21)8-14(9-13)27-2/h4-5,7-10H,3,6H2,1-2H3,(H,22,23,24). The quantitative estimate of drug-likeness (QED) is 0.728. The lowest BCUT2D eigenvalue weighted by molar-refractivity contribution is -0.137. The molecule has 0 amide bonds. The second-order valence-electron chi connectivity index (χ2n) is 5.87. The molecule has 0 saturated heterocycles. The van der Waals surface area contributed by atoms with Gasteiger partial charge in [0.1, 0.15) is 11.4 Å². The molecule has 1 N–H and O–H groups in total. The Hall–Kier alpha value is -3.10. The second kappa shape index (κ2) is 7.26. The number of nitrogens with one attached hydrogen (secondary N) is 1. The first-order valence-electron chi connectivity index (χ1n) is 8.21. The molecule has 3 aromatic rings. The number of pyridine rings is 1. The van der Waals surface area contributed by atoms with Crippen LogP contribution in [0, 0.1) is 0 Å². The number of rotatable bonds is 5. The van der Waals surface area contributed by atoms with Gasteiger partial charge in [-0.25, -0.2) is 4.98 Å². The summed E-state index contributed by atoms with van der Waals surface area (Å²) in [7, 11) is 1.29. The van der Waals surface area contributed by atoms with Crippen molar-refractivity contribution in [3.05, 3.63) is 52.4 Å². The van der Waals surface area contributed by atoms with Gasteiger partial charge in [0.05, 0.1) is 12.7 Å². The molecule has 0 spiro atoms. The molecular formula is C18H17F3N4O2.